The molecule has 0 saturated heterocycles. The minimum atomic E-state index is -1.10. The van der Waals surface area contributed by atoms with E-state index < -0.39 is 23.2 Å². The highest BCUT2D eigenvalue weighted by Crippen LogP contribution is 2.28. The van der Waals surface area contributed by atoms with E-state index in [-0.39, 0.29) is 11.3 Å². The summed E-state index contributed by atoms with van der Waals surface area (Å²) in [6, 6.07) is 7.73. The second-order valence-corrected chi connectivity index (χ2v) is 5.31. The van der Waals surface area contributed by atoms with Gasteiger partial charge in [0.2, 0.25) is 5.88 Å². The Morgan fingerprint density at radius 3 is 2.42 bits per heavy atom. The minimum Gasteiger partial charge on any atom is -0.494 e. The van der Waals surface area contributed by atoms with Crippen molar-refractivity contribution in [2.75, 3.05) is 0 Å². The van der Waals surface area contributed by atoms with Crippen LogP contribution in [0.5, 0.6) is 5.88 Å². The average Bonchev–Trinajstić information content (AvgIpc) is 2.60. The molecule has 0 fully saturated rings. The molecule has 1 aromatic heterocycles. The van der Waals surface area contributed by atoms with Crippen molar-refractivity contribution in [2.24, 2.45) is 24.3 Å². The van der Waals surface area contributed by atoms with Crippen LogP contribution in [0, 0.1) is 0 Å². The third kappa shape index (κ3) is 2.31. The van der Waals surface area contributed by atoms with Crippen LogP contribution >= 0.6 is 0 Å². The number of benzene rings is 1. The number of nitrogens with zero attached hydrogens (tertiary/aromatic N) is 5. The summed E-state index contributed by atoms with van der Waals surface area (Å²) in [7, 11) is 2.63. The van der Waals surface area contributed by atoms with Crippen LogP contribution in [0.15, 0.2) is 50.1 Å². The van der Waals surface area contributed by atoms with E-state index in [1.165, 1.54) is 14.1 Å². The van der Waals surface area contributed by atoms with Crippen LogP contribution in [0.3, 0.4) is 0 Å². The number of aromatic nitrogens is 2. The molecule has 1 atom stereocenters. The van der Waals surface area contributed by atoms with Crippen molar-refractivity contribution >= 4 is 12.1 Å². The third-order valence-electron chi connectivity index (χ3n) is 3.87. The van der Waals surface area contributed by atoms with Crippen LogP contribution in [0.1, 0.15) is 17.2 Å². The van der Waals surface area contributed by atoms with Gasteiger partial charge in [-0.2, -0.15) is 5.10 Å². The van der Waals surface area contributed by atoms with Crippen molar-refractivity contribution < 1.29 is 10.3 Å². The Balaban J connectivity index is 2.28. The van der Waals surface area contributed by atoms with Crippen molar-refractivity contribution in [3.8, 4) is 5.88 Å². The molecular formula is C15H15N5O4. The zero-order valence-corrected chi connectivity index (χ0v) is 13.0. The van der Waals surface area contributed by atoms with Gasteiger partial charge in [0.1, 0.15) is 23.7 Å². The fourth-order valence-corrected chi connectivity index (χ4v) is 2.58. The van der Waals surface area contributed by atoms with Gasteiger partial charge < -0.3 is 5.11 Å². The molecule has 0 saturated carbocycles. The molecule has 2 aromatic rings. The van der Waals surface area contributed by atoms with Gasteiger partial charge >= 0.3 is 5.69 Å². The quantitative estimate of drug-likeness (QED) is 0.803. The zero-order chi connectivity index (χ0) is 17.4. The van der Waals surface area contributed by atoms with Crippen LogP contribution in [0.2, 0.25) is 0 Å². The molecule has 1 aliphatic rings. The lowest BCUT2D eigenvalue weighted by molar-refractivity contribution is -0.0304. The Bertz CT molecular complexity index is 958. The summed E-state index contributed by atoms with van der Waals surface area (Å²) in [5.74, 6) is -0.536. The van der Waals surface area contributed by atoms with Gasteiger partial charge in [-0.3, -0.25) is 19.1 Å². The third-order valence-corrected chi connectivity index (χ3v) is 3.87. The van der Waals surface area contributed by atoms with Crippen LogP contribution in [-0.4, -0.2) is 36.6 Å². The molecule has 9 heteroatoms. The first-order valence-corrected chi connectivity index (χ1v) is 7.06. The fraction of sp³-hybridized carbons (Fsp3) is 0.200. The minimum absolute atomic E-state index is 0.171. The second kappa shape index (κ2) is 5.78. The highest BCUT2D eigenvalue weighted by molar-refractivity contribution is 6.06. The first kappa shape index (κ1) is 15.7. The van der Waals surface area contributed by atoms with Gasteiger partial charge in [0.25, 0.3) is 5.56 Å². The molecule has 0 spiro atoms. The lowest BCUT2D eigenvalue weighted by atomic mass is 9.97. The van der Waals surface area contributed by atoms with E-state index in [9.17, 15) is 19.9 Å². The summed E-state index contributed by atoms with van der Waals surface area (Å²) in [5, 5.41) is 28.9. The highest BCUT2D eigenvalue weighted by Gasteiger charge is 2.34. The topological polar surface area (TPSA) is 112 Å². The molecule has 0 amide bonds. The maximum Gasteiger partial charge on any atom is 0.333 e. The van der Waals surface area contributed by atoms with E-state index in [2.05, 4.69) is 10.2 Å². The molecule has 2 heterocycles. The predicted octanol–water partition coefficient (Wildman–Crippen LogP) is -0.0319. The van der Waals surface area contributed by atoms with E-state index in [0.29, 0.717) is 10.6 Å². The molecule has 9 nitrogen and oxygen atoms in total. The number of rotatable bonds is 2. The predicted molar refractivity (Wildman–Crippen MR) is 86.4 cm³/mol. The summed E-state index contributed by atoms with van der Waals surface area (Å²) >= 11 is 0. The van der Waals surface area contributed by atoms with E-state index in [4.69, 9.17) is 0 Å². The standard InChI is InChI=1S/C15H15N5O4/c1-18-13(21)10(14(22)19(2)15(18)23)12-11(17-16-8-20(12)24)9-6-4-3-5-7-9/h3-8,12,21,24H,1-2H3. The number of hydrogen-bond donors (Lipinski definition) is 2. The summed E-state index contributed by atoms with van der Waals surface area (Å²) in [6.07, 6.45) is 1.03. The Morgan fingerprint density at radius 1 is 1.08 bits per heavy atom. The summed E-state index contributed by atoms with van der Waals surface area (Å²) < 4.78 is 1.79. The Hall–Kier alpha value is -3.20. The molecule has 0 aliphatic carbocycles. The number of aromatic hydroxyl groups is 1. The maximum absolute atomic E-state index is 12.5. The lowest BCUT2D eigenvalue weighted by Crippen LogP contribution is -2.44. The summed E-state index contributed by atoms with van der Waals surface area (Å²) in [6.45, 7) is 0. The monoisotopic (exact) mass is 329 g/mol. The maximum atomic E-state index is 12.5. The molecule has 2 N–H and O–H groups in total. The van der Waals surface area contributed by atoms with Gasteiger partial charge in [-0.15, -0.1) is 5.10 Å². The van der Waals surface area contributed by atoms with Crippen molar-refractivity contribution in [1.82, 2.24) is 14.2 Å². The molecule has 1 aliphatic heterocycles. The van der Waals surface area contributed by atoms with Crippen molar-refractivity contribution in [1.29, 1.82) is 0 Å². The molecule has 1 aromatic carbocycles. The van der Waals surface area contributed by atoms with Gasteiger partial charge in [-0.25, -0.2) is 9.86 Å². The average molecular weight is 329 g/mol. The molecular weight excluding hydrogens is 314 g/mol. The van der Waals surface area contributed by atoms with Gasteiger partial charge in [0, 0.05) is 19.7 Å². The van der Waals surface area contributed by atoms with Gasteiger partial charge in [-0.1, -0.05) is 30.3 Å². The van der Waals surface area contributed by atoms with E-state index in [1.807, 2.05) is 6.07 Å². The SMILES string of the molecule is Cn1c(O)c(C2C(c3ccccc3)=NN=CN2O)c(=O)n(C)c1=O. The van der Waals surface area contributed by atoms with Crippen LogP contribution in [-0.2, 0) is 14.1 Å². The van der Waals surface area contributed by atoms with Crippen LogP contribution in [0.4, 0.5) is 0 Å². The van der Waals surface area contributed by atoms with Crippen molar-refractivity contribution in [2.45, 2.75) is 6.04 Å². The zero-order valence-electron chi connectivity index (χ0n) is 13.0. The molecule has 0 radical (unpaired) electrons. The van der Waals surface area contributed by atoms with Gasteiger partial charge in [-0.05, 0) is 0 Å². The number of hydrogen-bond acceptors (Lipinski definition) is 7. The summed E-state index contributed by atoms with van der Waals surface area (Å²) in [5.41, 5.74) is -0.678. The smallest absolute Gasteiger partial charge is 0.333 e. The Kier molecular flexibility index (Phi) is 3.78. The van der Waals surface area contributed by atoms with Crippen LogP contribution in [0.25, 0.3) is 0 Å². The molecule has 124 valence electrons. The first-order valence-electron chi connectivity index (χ1n) is 7.06. The first-order chi connectivity index (χ1) is 11.4. The summed E-state index contributed by atoms with van der Waals surface area (Å²) in [4.78, 5) is 24.4. The van der Waals surface area contributed by atoms with Crippen LogP contribution < -0.4 is 11.2 Å². The second-order valence-electron chi connectivity index (χ2n) is 5.31. The molecule has 0 bridgehead atoms. The van der Waals surface area contributed by atoms with E-state index >= 15 is 0 Å². The van der Waals surface area contributed by atoms with E-state index in [1.54, 1.807) is 24.3 Å². The van der Waals surface area contributed by atoms with E-state index in [0.717, 1.165) is 15.5 Å². The fourth-order valence-electron chi connectivity index (χ4n) is 2.58. The normalized spacial score (nSPS) is 17.0. The molecule has 1 unspecified atom stereocenters. The molecule has 3 rings (SSSR count). The molecule has 24 heavy (non-hydrogen) atoms. The number of hydroxylamine groups is 2. The Labute approximate surface area is 136 Å². The lowest BCUT2D eigenvalue weighted by Gasteiger charge is -2.28. The Morgan fingerprint density at radius 2 is 1.75 bits per heavy atom. The van der Waals surface area contributed by atoms with Gasteiger partial charge in [0.15, 0.2) is 0 Å². The van der Waals surface area contributed by atoms with Crippen molar-refractivity contribution in [3.63, 3.8) is 0 Å². The largest absolute Gasteiger partial charge is 0.494 e. The van der Waals surface area contributed by atoms with Crippen molar-refractivity contribution in [3.05, 3.63) is 62.3 Å². The highest BCUT2D eigenvalue weighted by atomic mass is 16.5. The van der Waals surface area contributed by atoms with Gasteiger partial charge in [0.05, 0.1) is 0 Å².